The zero-order valence-corrected chi connectivity index (χ0v) is 11.9. The molecule has 9 nitrogen and oxygen atoms in total. The highest BCUT2D eigenvalue weighted by molar-refractivity contribution is 5.58. The van der Waals surface area contributed by atoms with E-state index >= 15 is 0 Å². The summed E-state index contributed by atoms with van der Waals surface area (Å²) in [5.41, 5.74) is 6.35. The van der Waals surface area contributed by atoms with Crippen LogP contribution in [0.2, 0.25) is 0 Å². The fourth-order valence-electron chi connectivity index (χ4n) is 2.66. The summed E-state index contributed by atoms with van der Waals surface area (Å²) in [6, 6.07) is 5.89. The zero-order chi connectivity index (χ0) is 16.7. The molecule has 0 spiro atoms. The van der Waals surface area contributed by atoms with Gasteiger partial charge in [-0.05, 0) is 13.0 Å². The number of fused-ring (bicyclic) bond motifs is 1. The third kappa shape index (κ3) is 2.13. The minimum absolute atomic E-state index is 0.0335. The van der Waals surface area contributed by atoms with Crippen LogP contribution in [-0.4, -0.2) is 15.1 Å². The van der Waals surface area contributed by atoms with E-state index in [0.29, 0.717) is 11.3 Å². The summed E-state index contributed by atoms with van der Waals surface area (Å²) in [7, 11) is 0. The Bertz CT molecular complexity index is 947. The number of nitro groups is 1. The first-order valence-electron chi connectivity index (χ1n) is 6.57. The smallest absolute Gasteiger partial charge is 0.270 e. The average molecular weight is 313 g/mol. The molecule has 0 aliphatic carbocycles. The van der Waals surface area contributed by atoms with Gasteiger partial charge >= 0.3 is 0 Å². The maximum absolute atomic E-state index is 12.1. The van der Waals surface area contributed by atoms with E-state index in [1.54, 1.807) is 6.92 Å². The predicted octanol–water partition coefficient (Wildman–Crippen LogP) is 1.14. The number of nitro benzene ring substituents is 1. The van der Waals surface area contributed by atoms with Gasteiger partial charge in [-0.2, -0.15) is 5.26 Å². The van der Waals surface area contributed by atoms with E-state index in [1.807, 2.05) is 6.07 Å². The van der Waals surface area contributed by atoms with Gasteiger partial charge in [0.15, 0.2) is 0 Å². The van der Waals surface area contributed by atoms with Gasteiger partial charge in [0, 0.05) is 23.4 Å². The van der Waals surface area contributed by atoms with E-state index < -0.39 is 16.4 Å². The standard InChI is InChI=1S/C14H11N5O4/c1-6-11(14(20)18-17-6)12-8-4-7(19(21)22)2-3-10(8)23-13(16)9(12)5-15/h2-4,12H,16H2,1H3,(H2,17,18,20). The van der Waals surface area contributed by atoms with Gasteiger partial charge in [0.25, 0.3) is 11.2 Å². The Morgan fingerprint density at radius 2 is 2.17 bits per heavy atom. The first kappa shape index (κ1) is 14.4. The minimum Gasteiger partial charge on any atom is -0.440 e. The molecule has 3 rings (SSSR count). The van der Waals surface area contributed by atoms with Crippen LogP contribution in [0.15, 0.2) is 34.4 Å². The van der Waals surface area contributed by atoms with Crippen molar-refractivity contribution >= 4 is 5.69 Å². The van der Waals surface area contributed by atoms with Gasteiger partial charge in [-0.1, -0.05) is 0 Å². The molecule has 0 saturated carbocycles. The summed E-state index contributed by atoms with van der Waals surface area (Å²) < 4.78 is 5.37. The quantitative estimate of drug-likeness (QED) is 0.558. The van der Waals surface area contributed by atoms with E-state index in [2.05, 4.69) is 10.2 Å². The van der Waals surface area contributed by atoms with Crippen LogP contribution in [0, 0.1) is 28.4 Å². The van der Waals surface area contributed by atoms with E-state index in [9.17, 15) is 20.2 Å². The van der Waals surface area contributed by atoms with Crippen LogP contribution >= 0.6 is 0 Å². The Hall–Kier alpha value is -3.54. The number of aryl methyl sites for hydroxylation is 1. The summed E-state index contributed by atoms with van der Waals surface area (Å²) in [5, 5.41) is 25.5. The van der Waals surface area contributed by atoms with Crippen molar-refractivity contribution in [2.45, 2.75) is 12.8 Å². The van der Waals surface area contributed by atoms with Crippen molar-refractivity contribution in [3.8, 4) is 11.8 Å². The largest absolute Gasteiger partial charge is 0.440 e. The number of nitriles is 1. The lowest BCUT2D eigenvalue weighted by Crippen LogP contribution is -2.24. The first-order valence-corrected chi connectivity index (χ1v) is 6.57. The minimum atomic E-state index is -0.835. The number of ether oxygens (including phenoxy) is 1. The van der Waals surface area contributed by atoms with Crippen LogP contribution < -0.4 is 16.0 Å². The highest BCUT2D eigenvalue weighted by Gasteiger charge is 2.35. The van der Waals surface area contributed by atoms with Gasteiger partial charge in [0.1, 0.15) is 17.4 Å². The number of benzene rings is 1. The molecular formula is C14H11N5O4. The number of nitrogens with two attached hydrogens (primary N) is 1. The maximum Gasteiger partial charge on any atom is 0.270 e. The van der Waals surface area contributed by atoms with E-state index in [4.69, 9.17) is 10.5 Å². The number of rotatable bonds is 2. The van der Waals surface area contributed by atoms with Gasteiger partial charge in [0.05, 0.1) is 16.4 Å². The van der Waals surface area contributed by atoms with Crippen molar-refractivity contribution in [2.24, 2.45) is 5.73 Å². The zero-order valence-electron chi connectivity index (χ0n) is 11.9. The van der Waals surface area contributed by atoms with Gasteiger partial charge in [0.2, 0.25) is 5.88 Å². The topological polar surface area (TPSA) is 151 Å². The van der Waals surface area contributed by atoms with E-state index in [0.717, 1.165) is 0 Å². The first-order chi connectivity index (χ1) is 10.9. The van der Waals surface area contributed by atoms with Crippen molar-refractivity contribution in [2.75, 3.05) is 0 Å². The number of nitrogens with zero attached hydrogens (tertiary/aromatic N) is 2. The third-order valence-corrected chi connectivity index (χ3v) is 3.71. The van der Waals surface area contributed by atoms with Crippen molar-refractivity contribution in [3.63, 3.8) is 0 Å². The molecule has 0 radical (unpaired) electrons. The maximum atomic E-state index is 12.1. The molecule has 2 aromatic rings. The van der Waals surface area contributed by atoms with Crippen molar-refractivity contribution in [3.05, 3.63) is 66.9 Å². The lowest BCUT2D eigenvalue weighted by Gasteiger charge is -2.25. The number of H-pyrrole nitrogens is 2. The molecule has 1 aromatic heterocycles. The Morgan fingerprint density at radius 1 is 1.43 bits per heavy atom. The van der Waals surface area contributed by atoms with E-state index in [1.165, 1.54) is 18.2 Å². The Morgan fingerprint density at radius 3 is 2.74 bits per heavy atom. The molecule has 2 heterocycles. The second kappa shape index (κ2) is 5.03. The number of hydrogen-bond donors (Lipinski definition) is 3. The van der Waals surface area contributed by atoms with Crippen LogP contribution in [0.25, 0.3) is 0 Å². The van der Waals surface area contributed by atoms with Gasteiger partial charge in [-0.3, -0.25) is 20.0 Å². The average Bonchev–Trinajstić information content (AvgIpc) is 2.84. The molecule has 0 amide bonds. The Labute approximate surface area is 129 Å². The van der Waals surface area contributed by atoms with Crippen LogP contribution in [0.4, 0.5) is 5.69 Å². The highest BCUT2D eigenvalue weighted by Crippen LogP contribution is 2.42. The summed E-state index contributed by atoms with van der Waals surface area (Å²) in [4.78, 5) is 22.6. The Kier molecular flexibility index (Phi) is 3.15. The lowest BCUT2D eigenvalue weighted by molar-refractivity contribution is -0.384. The number of nitrogens with one attached hydrogen (secondary N) is 2. The molecule has 23 heavy (non-hydrogen) atoms. The Balaban J connectivity index is 2.32. The van der Waals surface area contributed by atoms with Crippen molar-refractivity contribution in [1.29, 1.82) is 5.26 Å². The number of hydrogen-bond acceptors (Lipinski definition) is 6. The van der Waals surface area contributed by atoms with Gasteiger partial charge in [-0.25, -0.2) is 0 Å². The summed E-state index contributed by atoms with van der Waals surface area (Å²) in [6.07, 6.45) is 0. The molecule has 0 fully saturated rings. The number of aromatic amines is 2. The molecule has 1 unspecified atom stereocenters. The molecule has 0 bridgehead atoms. The van der Waals surface area contributed by atoms with E-state index in [-0.39, 0.29) is 28.5 Å². The summed E-state index contributed by atoms with van der Waals surface area (Å²) in [6.45, 7) is 1.66. The van der Waals surface area contributed by atoms with Crippen LogP contribution in [0.1, 0.15) is 22.7 Å². The monoisotopic (exact) mass is 313 g/mol. The van der Waals surface area contributed by atoms with Gasteiger partial charge < -0.3 is 15.6 Å². The molecule has 9 heteroatoms. The number of aromatic nitrogens is 2. The summed E-state index contributed by atoms with van der Waals surface area (Å²) in [5.74, 6) is -0.686. The molecule has 116 valence electrons. The molecule has 1 aliphatic heterocycles. The molecule has 1 atom stereocenters. The number of non-ortho nitro benzene ring substituents is 1. The molecular weight excluding hydrogens is 302 g/mol. The normalized spacial score (nSPS) is 16.4. The fraction of sp³-hybridized carbons (Fsp3) is 0.143. The molecule has 1 aromatic carbocycles. The second-order valence-corrected chi connectivity index (χ2v) is 5.02. The summed E-state index contributed by atoms with van der Waals surface area (Å²) >= 11 is 0. The lowest BCUT2D eigenvalue weighted by atomic mass is 9.83. The van der Waals surface area contributed by atoms with Gasteiger partial charge in [-0.15, -0.1) is 0 Å². The highest BCUT2D eigenvalue weighted by atomic mass is 16.6. The van der Waals surface area contributed by atoms with Crippen LogP contribution in [-0.2, 0) is 0 Å². The van der Waals surface area contributed by atoms with Crippen LogP contribution in [0.5, 0.6) is 5.75 Å². The second-order valence-electron chi connectivity index (χ2n) is 5.02. The third-order valence-electron chi connectivity index (χ3n) is 3.71. The fourth-order valence-corrected chi connectivity index (χ4v) is 2.66. The SMILES string of the molecule is Cc1[nH][nH]c(=O)c1C1C(C#N)=C(N)Oc2ccc([N+](=O)[O-])cc21. The molecule has 0 saturated heterocycles. The number of allylic oxidation sites excluding steroid dienone is 1. The van der Waals surface area contributed by atoms with Crippen LogP contribution in [0.3, 0.4) is 0 Å². The molecule has 4 N–H and O–H groups in total. The van der Waals surface area contributed by atoms with Crippen molar-refractivity contribution in [1.82, 2.24) is 10.2 Å². The predicted molar refractivity (Wildman–Crippen MR) is 78.5 cm³/mol. The van der Waals surface area contributed by atoms with Crippen molar-refractivity contribution < 1.29 is 9.66 Å². The molecule has 1 aliphatic rings.